The van der Waals surface area contributed by atoms with Crippen molar-refractivity contribution in [2.75, 3.05) is 0 Å². The second-order valence-electron chi connectivity index (χ2n) is 3.14. The van der Waals surface area contributed by atoms with E-state index in [0.29, 0.717) is 0 Å². The van der Waals surface area contributed by atoms with Gasteiger partial charge in [0.2, 0.25) is 0 Å². The predicted octanol–water partition coefficient (Wildman–Crippen LogP) is 1.36. The molecule has 1 heterocycles. The summed E-state index contributed by atoms with van der Waals surface area (Å²) < 4.78 is 22.6. The zero-order valence-electron chi connectivity index (χ0n) is 6.50. The Morgan fingerprint density at radius 3 is 1.80 bits per heavy atom. The standard InChI is InChI=1S/C7H14O2S/c1-6-4-3-5-7(2)10(6,8)9/h6-7H,3-5H2,1-2H3/t6-,7?/m1/s1. The summed E-state index contributed by atoms with van der Waals surface area (Å²) in [5.74, 6) is 0. The average molecular weight is 162 g/mol. The molecule has 0 radical (unpaired) electrons. The van der Waals surface area contributed by atoms with Crippen molar-refractivity contribution in [1.29, 1.82) is 0 Å². The lowest BCUT2D eigenvalue weighted by Gasteiger charge is -2.23. The van der Waals surface area contributed by atoms with Crippen LogP contribution in [0.25, 0.3) is 0 Å². The topological polar surface area (TPSA) is 34.1 Å². The molecule has 1 unspecified atom stereocenters. The minimum absolute atomic E-state index is 0.101. The van der Waals surface area contributed by atoms with Gasteiger partial charge in [0.1, 0.15) is 0 Å². The first-order valence-electron chi connectivity index (χ1n) is 3.78. The van der Waals surface area contributed by atoms with Crippen LogP contribution >= 0.6 is 0 Å². The Labute approximate surface area is 62.5 Å². The first-order chi connectivity index (χ1) is 4.55. The summed E-state index contributed by atoms with van der Waals surface area (Å²) >= 11 is 0. The van der Waals surface area contributed by atoms with Crippen LogP contribution in [-0.4, -0.2) is 18.9 Å². The zero-order valence-corrected chi connectivity index (χ0v) is 7.32. The zero-order chi connectivity index (χ0) is 7.78. The van der Waals surface area contributed by atoms with Gasteiger partial charge in [-0.3, -0.25) is 0 Å². The van der Waals surface area contributed by atoms with E-state index in [2.05, 4.69) is 0 Å². The van der Waals surface area contributed by atoms with E-state index >= 15 is 0 Å². The first kappa shape index (κ1) is 8.05. The van der Waals surface area contributed by atoms with Gasteiger partial charge in [0.25, 0.3) is 0 Å². The number of sulfone groups is 1. The Balaban J connectivity index is 2.84. The van der Waals surface area contributed by atoms with E-state index in [9.17, 15) is 8.42 Å². The van der Waals surface area contributed by atoms with Gasteiger partial charge < -0.3 is 0 Å². The van der Waals surface area contributed by atoms with Crippen molar-refractivity contribution in [2.45, 2.75) is 43.6 Å². The second kappa shape index (κ2) is 2.53. The highest BCUT2D eigenvalue weighted by molar-refractivity contribution is 7.92. The van der Waals surface area contributed by atoms with Crippen molar-refractivity contribution in [2.24, 2.45) is 0 Å². The van der Waals surface area contributed by atoms with E-state index in [1.807, 2.05) is 13.8 Å². The Kier molecular flexibility index (Phi) is 2.04. The molecular weight excluding hydrogens is 148 g/mol. The fraction of sp³-hybridized carbons (Fsp3) is 1.00. The number of hydrogen-bond acceptors (Lipinski definition) is 2. The Morgan fingerprint density at radius 1 is 1.10 bits per heavy atom. The number of hydrogen-bond donors (Lipinski definition) is 0. The molecule has 0 saturated carbocycles. The van der Waals surface area contributed by atoms with E-state index in [1.54, 1.807) is 0 Å². The average Bonchev–Trinajstić information content (AvgIpc) is 1.84. The van der Waals surface area contributed by atoms with Crippen molar-refractivity contribution in [3.63, 3.8) is 0 Å². The molecule has 0 aromatic carbocycles. The quantitative estimate of drug-likeness (QED) is 0.539. The van der Waals surface area contributed by atoms with Crippen molar-refractivity contribution in [3.8, 4) is 0 Å². The largest absolute Gasteiger partial charge is 0.228 e. The lowest BCUT2D eigenvalue weighted by Crippen LogP contribution is -2.32. The molecule has 0 amide bonds. The summed E-state index contributed by atoms with van der Waals surface area (Å²) in [6, 6.07) is 0. The highest BCUT2D eigenvalue weighted by atomic mass is 32.2. The Hall–Kier alpha value is -0.0500. The van der Waals surface area contributed by atoms with Gasteiger partial charge in [-0.1, -0.05) is 6.42 Å². The molecule has 0 spiro atoms. The van der Waals surface area contributed by atoms with Crippen LogP contribution in [0.5, 0.6) is 0 Å². The van der Waals surface area contributed by atoms with E-state index in [0.717, 1.165) is 19.3 Å². The molecule has 0 aliphatic carbocycles. The summed E-state index contributed by atoms with van der Waals surface area (Å²) in [7, 11) is -2.74. The summed E-state index contributed by atoms with van der Waals surface area (Å²) in [5.41, 5.74) is 0. The van der Waals surface area contributed by atoms with Crippen LogP contribution in [0.2, 0.25) is 0 Å². The molecule has 3 heteroatoms. The van der Waals surface area contributed by atoms with Crippen LogP contribution in [0.4, 0.5) is 0 Å². The van der Waals surface area contributed by atoms with Crippen molar-refractivity contribution in [1.82, 2.24) is 0 Å². The second-order valence-corrected chi connectivity index (χ2v) is 5.93. The maximum absolute atomic E-state index is 11.3. The third kappa shape index (κ3) is 1.19. The first-order valence-corrected chi connectivity index (χ1v) is 5.39. The highest BCUT2D eigenvalue weighted by Crippen LogP contribution is 2.24. The SMILES string of the molecule is CC1CCC[C@@H](C)S1(=O)=O. The molecule has 0 aromatic heterocycles. The maximum Gasteiger partial charge on any atom is 0.155 e. The van der Waals surface area contributed by atoms with Crippen LogP contribution in [0.3, 0.4) is 0 Å². The van der Waals surface area contributed by atoms with Gasteiger partial charge in [-0.05, 0) is 26.7 Å². The van der Waals surface area contributed by atoms with Crippen molar-refractivity contribution in [3.05, 3.63) is 0 Å². The fourth-order valence-electron chi connectivity index (χ4n) is 1.42. The van der Waals surface area contributed by atoms with E-state index in [-0.39, 0.29) is 10.5 Å². The molecule has 2 atom stereocenters. The van der Waals surface area contributed by atoms with Gasteiger partial charge >= 0.3 is 0 Å². The molecule has 1 aliphatic rings. The molecule has 0 bridgehead atoms. The van der Waals surface area contributed by atoms with E-state index < -0.39 is 9.84 Å². The molecule has 1 saturated heterocycles. The monoisotopic (exact) mass is 162 g/mol. The maximum atomic E-state index is 11.3. The molecule has 0 N–H and O–H groups in total. The van der Waals surface area contributed by atoms with E-state index in [1.165, 1.54) is 0 Å². The summed E-state index contributed by atoms with van der Waals surface area (Å²) in [6.07, 6.45) is 2.78. The normalized spacial score (nSPS) is 39.4. The molecule has 10 heavy (non-hydrogen) atoms. The van der Waals surface area contributed by atoms with Crippen molar-refractivity contribution >= 4 is 9.84 Å². The minimum Gasteiger partial charge on any atom is -0.228 e. The van der Waals surface area contributed by atoms with E-state index in [4.69, 9.17) is 0 Å². The molecule has 60 valence electrons. The van der Waals surface area contributed by atoms with Crippen LogP contribution in [0, 0.1) is 0 Å². The summed E-state index contributed by atoms with van der Waals surface area (Å²) in [4.78, 5) is 0. The highest BCUT2D eigenvalue weighted by Gasteiger charge is 2.31. The molecule has 2 nitrogen and oxygen atoms in total. The Bertz CT molecular complexity index is 190. The molecular formula is C7H14O2S. The third-order valence-electron chi connectivity index (χ3n) is 2.34. The fourth-order valence-corrected chi connectivity index (χ4v) is 3.20. The minimum atomic E-state index is -2.74. The third-order valence-corrected chi connectivity index (χ3v) is 5.06. The van der Waals surface area contributed by atoms with Crippen LogP contribution < -0.4 is 0 Å². The molecule has 1 fully saturated rings. The van der Waals surface area contributed by atoms with Crippen LogP contribution in [-0.2, 0) is 9.84 Å². The summed E-state index contributed by atoms with van der Waals surface area (Å²) in [6.45, 7) is 3.62. The predicted molar refractivity (Wildman–Crippen MR) is 41.7 cm³/mol. The smallest absolute Gasteiger partial charge is 0.155 e. The molecule has 1 rings (SSSR count). The molecule has 1 aliphatic heterocycles. The van der Waals surface area contributed by atoms with Gasteiger partial charge in [-0.15, -0.1) is 0 Å². The lowest BCUT2D eigenvalue weighted by molar-refractivity contribution is 0.522. The molecule has 0 aromatic rings. The Morgan fingerprint density at radius 2 is 1.50 bits per heavy atom. The van der Waals surface area contributed by atoms with Gasteiger partial charge in [-0.25, -0.2) is 8.42 Å². The summed E-state index contributed by atoms with van der Waals surface area (Å²) in [5, 5.41) is -0.201. The van der Waals surface area contributed by atoms with Crippen LogP contribution in [0.15, 0.2) is 0 Å². The van der Waals surface area contributed by atoms with Crippen LogP contribution in [0.1, 0.15) is 33.1 Å². The lowest BCUT2D eigenvalue weighted by atomic mass is 10.1. The van der Waals surface area contributed by atoms with Gasteiger partial charge in [0, 0.05) is 0 Å². The van der Waals surface area contributed by atoms with Gasteiger partial charge in [0.15, 0.2) is 9.84 Å². The van der Waals surface area contributed by atoms with Gasteiger partial charge in [0.05, 0.1) is 10.5 Å². The van der Waals surface area contributed by atoms with Crippen molar-refractivity contribution < 1.29 is 8.42 Å². The van der Waals surface area contributed by atoms with Gasteiger partial charge in [-0.2, -0.15) is 0 Å². The number of rotatable bonds is 0.